The maximum absolute atomic E-state index is 12.3. The highest BCUT2D eigenvalue weighted by molar-refractivity contribution is 5.86. The summed E-state index contributed by atoms with van der Waals surface area (Å²) >= 11 is 0. The summed E-state index contributed by atoms with van der Waals surface area (Å²) in [4.78, 5) is 2.29. The van der Waals surface area contributed by atoms with Crippen LogP contribution in [-0.2, 0) is 0 Å². The lowest BCUT2D eigenvalue weighted by atomic mass is 9.84. The van der Waals surface area contributed by atoms with Crippen LogP contribution in [0.2, 0.25) is 0 Å². The summed E-state index contributed by atoms with van der Waals surface area (Å²) in [5.41, 5.74) is 14.1. The zero-order valence-corrected chi connectivity index (χ0v) is 15.6. The third-order valence-corrected chi connectivity index (χ3v) is 5.12. The summed E-state index contributed by atoms with van der Waals surface area (Å²) in [5.74, 6) is 0.680. The first kappa shape index (κ1) is 17.4. The topological polar surface area (TPSA) is 38.5 Å². The number of alkyl halides is 1. The summed E-state index contributed by atoms with van der Waals surface area (Å²) in [6, 6.07) is 20.6. The molecular weight excluding hydrogens is 338 g/mol. The highest BCUT2D eigenvalue weighted by atomic mass is 18.2. The zero-order chi connectivity index (χ0) is 19.0. The fraction of sp³-hybridized carbons (Fsp3) is 0.217. The van der Waals surface area contributed by atoms with Gasteiger partial charge in [-0.15, -0.1) is 0 Å². The molecule has 0 aliphatic carbocycles. The molecule has 0 bridgehead atoms. The van der Waals surface area contributed by atoms with Gasteiger partial charge in [0.2, 0.25) is 0 Å². The second kappa shape index (κ2) is 6.95. The smallest absolute Gasteiger partial charge is 0.123 e. The van der Waals surface area contributed by atoms with Gasteiger partial charge in [-0.2, -0.15) is 0 Å². The number of hydrogen-bond acceptors (Lipinski definition) is 3. The molecule has 138 valence electrons. The molecule has 3 aromatic rings. The average Bonchev–Trinajstić information content (AvgIpc) is 2.67. The van der Waals surface area contributed by atoms with Crippen LogP contribution in [0.5, 0.6) is 5.75 Å². The number of benzene rings is 3. The zero-order valence-electron chi connectivity index (χ0n) is 15.6. The van der Waals surface area contributed by atoms with Crippen molar-refractivity contribution in [3.63, 3.8) is 0 Å². The summed E-state index contributed by atoms with van der Waals surface area (Å²) in [6.45, 7) is 1.70. The van der Waals surface area contributed by atoms with Gasteiger partial charge in [-0.25, -0.2) is 4.39 Å². The number of halogens is 1. The lowest BCUT2D eigenvalue weighted by Gasteiger charge is -2.38. The van der Waals surface area contributed by atoms with E-state index in [-0.39, 0.29) is 12.6 Å². The molecule has 4 rings (SSSR count). The van der Waals surface area contributed by atoms with E-state index in [9.17, 15) is 4.39 Å². The molecular formula is C23H23FN2O. The highest BCUT2D eigenvalue weighted by Gasteiger charge is 2.30. The van der Waals surface area contributed by atoms with E-state index in [2.05, 4.69) is 49.2 Å². The molecule has 1 heterocycles. The quantitative estimate of drug-likeness (QED) is 0.655. The third-order valence-electron chi connectivity index (χ3n) is 5.12. The largest absolute Gasteiger partial charge is 0.491 e. The minimum absolute atomic E-state index is 0.0491. The molecule has 3 aromatic carbocycles. The van der Waals surface area contributed by atoms with Crippen molar-refractivity contribution in [2.45, 2.75) is 13.0 Å². The standard InChI is InChI=1S/C23H23FN2O/c1-15-3-9-20-19-10-6-17(25)14-21(19)23(26(2)22(20)13-15)16-4-7-18(8-5-16)27-12-11-24/h3-10,13-14,23H,11-12,25H2,1-2H3/i24-1. The number of fused-ring (bicyclic) bond motifs is 3. The molecule has 1 aliphatic heterocycles. The summed E-state index contributed by atoms with van der Waals surface area (Å²) < 4.78 is 17.7. The van der Waals surface area contributed by atoms with E-state index >= 15 is 0 Å². The van der Waals surface area contributed by atoms with E-state index in [0.29, 0.717) is 5.75 Å². The summed E-state index contributed by atoms with van der Waals surface area (Å²) in [6.07, 6.45) is 0. The Bertz CT molecular complexity index is 969. The Kier molecular flexibility index (Phi) is 4.48. The van der Waals surface area contributed by atoms with Crippen molar-refractivity contribution in [1.29, 1.82) is 0 Å². The summed E-state index contributed by atoms with van der Waals surface area (Å²) in [5, 5.41) is 0. The Balaban J connectivity index is 1.82. The predicted molar refractivity (Wildman–Crippen MR) is 109 cm³/mol. The first-order chi connectivity index (χ1) is 13.1. The second-order valence-electron chi connectivity index (χ2n) is 6.99. The molecule has 1 aliphatic rings. The normalized spacial score (nSPS) is 15.2. The van der Waals surface area contributed by atoms with Crippen LogP contribution >= 0.6 is 0 Å². The van der Waals surface area contributed by atoms with E-state index in [1.165, 1.54) is 27.9 Å². The van der Waals surface area contributed by atoms with Crippen molar-refractivity contribution in [3.8, 4) is 16.9 Å². The van der Waals surface area contributed by atoms with Gasteiger partial charge >= 0.3 is 0 Å². The average molecular weight is 361 g/mol. The monoisotopic (exact) mass is 361 g/mol. The van der Waals surface area contributed by atoms with Crippen LogP contribution in [0.15, 0.2) is 60.7 Å². The number of nitrogens with two attached hydrogens (primary N) is 1. The fourth-order valence-electron chi connectivity index (χ4n) is 3.87. The lowest BCUT2D eigenvalue weighted by Crippen LogP contribution is -2.29. The van der Waals surface area contributed by atoms with Gasteiger partial charge in [0, 0.05) is 24.0 Å². The van der Waals surface area contributed by atoms with Crippen LogP contribution in [0.1, 0.15) is 22.7 Å². The van der Waals surface area contributed by atoms with Gasteiger partial charge in [0.05, 0.1) is 6.04 Å². The number of anilines is 2. The van der Waals surface area contributed by atoms with Crippen LogP contribution in [0.3, 0.4) is 0 Å². The van der Waals surface area contributed by atoms with Gasteiger partial charge in [0.1, 0.15) is 19.0 Å². The van der Waals surface area contributed by atoms with E-state index in [0.717, 1.165) is 11.3 Å². The molecule has 1 unspecified atom stereocenters. The molecule has 0 amide bonds. The van der Waals surface area contributed by atoms with Crippen molar-refractivity contribution in [1.82, 2.24) is 0 Å². The van der Waals surface area contributed by atoms with Crippen molar-refractivity contribution in [3.05, 3.63) is 77.4 Å². The van der Waals surface area contributed by atoms with Crippen molar-refractivity contribution < 1.29 is 9.13 Å². The minimum Gasteiger partial charge on any atom is -0.491 e. The number of rotatable bonds is 4. The Morgan fingerprint density at radius 3 is 2.48 bits per heavy atom. The van der Waals surface area contributed by atoms with Gasteiger partial charge in [-0.3, -0.25) is 0 Å². The highest BCUT2D eigenvalue weighted by Crippen LogP contribution is 2.47. The number of ether oxygens (including phenoxy) is 1. The molecule has 27 heavy (non-hydrogen) atoms. The minimum atomic E-state index is -0.490. The Morgan fingerprint density at radius 1 is 1.00 bits per heavy atom. The predicted octanol–water partition coefficient (Wildman–Crippen LogP) is 5.13. The van der Waals surface area contributed by atoms with Crippen LogP contribution in [-0.4, -0.2) is 20.3 Å². The van der Waals surface area contributed by atoms with E-state index in [1.807, 2.05) is 30.3 Å². The Morgan fingerprint density at radius 2 is 1.74 bits per heavy atom. The molecule has 4 heteroatoms. The molecule has 0 radical (unpaired) electrons. The van der Waals surface area contributed by atoms with E-state index in [4.69, 9.17) is 10.5 Å². The van der Waals surface area contributed by atoms with Crippen molar-refractivity contribution in [2.24, 2.45) is 0 Å². The van der Waals surface area contributed by atoms with E-state index < -0.39 is 6.67 Å². The molecule has 0 fully saturated rings. The summed E-state index contributed by atoms with van der Waals surface area (Å²) in [7, 11) is 2.11. The fourth-order valence-corrected chi connectivity index (χ4v) is 3.87. The van der Waals surface area contributed by atoms with Crippen LogP contribution in [0.4, 0.5) is 15.8 Å². The van der Waals surface area contributed by atoms with Crippen molar-refractivity contribution in [2.75, 3.05) is 31.0 Å². The second-order valence-corrected chi connectivity index (χ2v) is 6.99. The number of nitrogens with zero attached hydrogens (tertiary/aromatic N) is 1. The molecule has 0 saturated carbocycles. The first-order valence-corrected chi connectivity index (χ1v) is 9.10. The lowest BCUT2D eigenvalue weighted by molar-refractivity contribution is 0.273. The molecule has 2 N–H and O–H groups in total. The van der Waals surface area contributed by atoms with Crippen molar-refractivity contribution >= 4 is 11.4 Å². The van der Waals surface area contributed by atoms with Gasteiger partial charge in [-0.1, -0.05) is 30.3 Å². The molecule has 3 nitrogen and oxygen atoms in total. The van der Waals surface area contributed by atoms with Crippen LogP contribution in [0, 0.1) is 6.92 Å². The first-order valence-electron chi connectivity index (χ1n) is 9.10. The number of aryl methyl sites for hydroxylation is 1. The van der Waals surface area contributed by atoms with Crippen LogP contribution < -0.4 is 15.4 Å². The maximum atomic E-state index is 12.3. The Labute approximate surface area is 159 Å². The van der Waals surface area contributed by atoms with Gasteiger partial charge in [0.15, 0.2) is 0 Å². The maximum Gasteiger partial charge on any atom is 0.123 e. The Hall–Kier alpha value is -3.01. The molecule has 0 spiro atoms. The van der Waals surface area contributed by atoms with Gasteiger partial charge < -0.3 is 15.4 Å². The van der Waals surface area contributed by atoms with Crippen LogP contribution in [0.25, 0.3) is 11.1 Å². The van der Waals surface area contributed by atoms with Gasteiger partial charge in [0.25, 0.3) is 0 Å². The van der Waals surface area contributed by atoms with E-state index in [1.54, 1.807) is 0 Å². The molecule has 1 atom stereocenters. The molecule has 0 aromatic heterocycles. The number of nitrogen functional groups attached to an aromatic ring is 1. The third kappa shape index (κ3) is 3.12. The molecule has 0 saturated heterocycles. The van der Waals surface area contributed by atoms with Gasteiger partial charge in [-0.05, 0) is 59.5 Å². The number of hydrogen-bond donors (Lipinski definition) is 1. The SMILES string of the molecule is Cc1ccc2c(c1)N(C)C(c1ccc(OCC[18F])cc1)c1cc(N)ccc1-2.